The van der Waals surface area contributed by atoms with E-state index in [0.29, 0.717) is 0 Å². The summed E-state index contributed by atoms with van der Waals surface area (Å²) >= 11 is 0. The number of rotatable bonds is 3. The van der Waals surface area contributed by atoms with Gasteiger partial charge in [-0.1, -0.05) is 0 Å². The van der Waals surface area contributed by atoms with Crippen LogP contribution in [-0.2, 0) is 28.8 Å². The van der Waals surface area contributed by atoms with E-state index in [2.05, 4.69) is 0 Å². The molecule has 9 nitrogen and oxygen atoms in total. The minimum absolute atomic E-state index is 0.0324. The van der Waals surface area contributed by atoms with Crippen LogP contribution in [0.1, 0.15) is 12.8 Å². The summed E-state index contributed by atoms with van der Waals surface area (Å²) in [5, 5.41) is 0. The minimum atomic E-state index is -0.612. The van der Waals surface area contributed by atoms with Crippen LogP contribution in [0, 0.1) is 0 Å². The zero-order valence-electron chi connectivity index (χ0n) is 13.7. The van der Waals surface area contributed by atoms with Crippen molar-refractivity contribution in [3.8, 4) is 0 Å². The molecule has 0 atom stereocenters. The highest BCUT2D eigenvalue weighted by atomic mass is 16.2. The predicted octanol–water partition coefficient (Wildman–Crippen LogP) is 0.199. The lowest BCUT2D eigenvalue weighted by atomic mass is 10.2. The Balaban J connectivity index is 1.87. The van der Waals surface area contributed by atoms with E-state index in [-0.39, 0.29) is 29.9 Å². The molecule has 1 aromatic rings. The van der Waals surface area contributed by atoms with Gasteiger partial charge in [-0.05, 0) is 18.2 Å². The maximum Gasteiger partial charge on any atom is 0.258 e. The van der Waals surface area contributed by atoms with Crippen LogP contribution in [0.25, 0.3) is 0 Å². The smallest absolute Gasteiger partial charge is 0.258 e. The van der Waals surface area contributed by atoms with E-state index in [1.807, 2.05) is 0 Å². The summed E-state index contributed by atoms with van der Waals surface area (Å²) in [6.45, 7) is 0. The first-order valence-corrected chi connectivity index (χ1v) is 8.00. The monoisotopic (exact) mass is 365 g/mol. The topological polar surface area (TPSA) is 112 Å². The summed E-state index contributed by atoms with van der Waals surface area (Å²) in [6, 6.07) is 3.96. The molecule has 0 unspecified atom stereocenters. The molecule has 27 heavy (non-hydrogen) atoms. The third kappa shape index (κ3) is 2.56. The molecule has 0 radical (unpaired) electrons. The number of imide groups is 3. The molecule has 3 heterocycles. The molecule has 1 fully saturated rings. The quantitative estimate of drug-likeness (QED) is 0.707. The Hall–Kier alpha value is -3.88. The van der Waals surface area contributed by atoms with Crippen molar-refractivity contribution in [2.75, 3.05) is 14.7 Å². The second kappa shape index (κ2) is 5.84. The Bertz CT molecular complexity index is 879. The molecular formula is C18H11N3O6. The lowest BCUT2D eigenvalue weighted by Gasteiger charge is -2.23. The summed E-state index contributed by atoms with van der Waals surface area (Å²) in [7, 11) is 0. The van der Waals surface area contributed by atoms with E-state index in [1.54, 1.807) is 0 Å². The SMILES string of the molecule is O=C1C=CC(=O)N1c1cc(N2C(=O)C=CC2=O)cc(N2C(=O)CCC2=O)c1. The molecule has 0 N–H and O–H groups in total. The average Bonchev–Trinajstić information content (AvgIpc) is 3.25. The maximum atomic E-state index is 12.1. The van der Waals surface area contributed by atoms with Gasteiger partial charge < -0.3 is 0 Å². The van der Waals surface area contributed by atoms with Crippen LogP contribution in [0.3, 0.4) is 0 Å². The van der Waals surface area contributed by atoms with Crippen molar-refractivity contribution >= 4 is 52.5 Å². The molecule has 0 aromatic heterocycles. The van der Waals surface area contributed by atoms with E-state index in [1.165, 1.54) is 18.2 Å². The van der Waals surface area contributed by atoms with Gasteiger partial charge in [0.1, 0.15) is 0 Å². The predicted molar refractivity (Wildman–Crippen MR) is 91.4 cm³/mol. The molecule has 9 heteroatoms. The Morgan fingerprint density at radius 1 is 0.481 bits per heavy atom. The van der Waals surface area contributed by atoms with Gasteiger partial charge in [-0.15, -0.1) is 0 Å². The number of anilines is 3. The molecule has 0 bridgehead atoms. The number of carbonyl (C=O) groups is 6. The van der Waals surface area contributed by atoms with Crippen LogP contribution in [0.4, 0.5) is 17.1 Å². The number of carbonyl (C=O) groups excluding carboxylic acids is 6. The Morgan fingerprint density at radius 3 is 1.11 bits per heavy atom. The maximum absolute atomic E-state index is 12.1. The summed E-state index contributed by atoms with van der Waals surface area (Å²) in [6.07, 6.45) is 4.38. The Labute approximate surface area is 152 Å². The van der Waals surface area contributed by atoms with Gasteiger partial charge in [0, 0.05) is 37.1 Å². The van der Waals surface area contributed by atoms with Crippen molar-refractivity contribution in [1.82, 2.24) is 0 Å². The molecule has 0 saturated carbocycles. The summed E-state index contributed by atoms with van der Waals surface area (Å²) in [5.41, 5.74) is 0.167. The van der Waals surface area contributed by atoms with Crippen LogP contribution < -0.4 is 14.7 Å². The van der Waals surface area contributed by atoms with Gasteiger partial charge in [-0.2, -0.15) is 0 Å². The second-order valence-electron chi connectivity index (χ2n) is 6.02. The minimum Gasteiger partial charge on any atom is -0.274 e. The van der Waals surface area contributed by atoms with Crippen molar-refractivity contribution in [2.45, 2.75) is 12.8 Å². The first kappa shape index (κ1) is 16.6. The zero-order chi connectivity index (χ0) is 19.3. The third-order valence-corrected chi connectivity index (χ3v) is 4.33. The fourth-order valence-electron chi connectivity index (χ4n) is 3.14. The number of nitrogens with zero attached hydrogens (tertiary/aromatic N) is 3. The fraction of sp³-hybridized carbons (Fsp3) is 0.111. The Morgan fingerprint density at radius 2 is 0.778 bits per heavy atom. The first-order valence-electron chi connectivity index (χ1n) is 8.00. The third-order valence-electron chi connectivity index (χ3n) is 4.33. The normalized spacial score (nSPS) is 19.5. The molecule has 3 aliphatic rings. The van der Waals surface area contributed by atoms with Crippen LogP contribution >= 0.6 is 0 Å². The second-order valence-corrected chi connectivity index (χ2v) is 6.02. The molecule has 1 saturated heterocycles. The number of hydrogen-bond donors (Lipinski definition) is 0. The molecule has 4 rings (SSSR count). The molecule has 3 aliphatic heterocycles. The molecule has 0 aliphatic carbocycles. The number of amides is 6. The molecule has 6 amide bonds. The lowest BCUT2D eigenvalue weighted by molar-refractivity contribution is -0.122. The van der Waals surface area contributed by atoms with E-state index in [9.17, 15) is 28.8 Å². The van der Waals surface area contributed by atoms with Crippen molar-refractivity contribution in [3.05, 3.63) is 42.5 Å². The molecule has 0 spiro atoms. The van der Waals surface area contributed by atoms with Crippen LogP contribution in [-0.4, -0.2) is 35.4 Å². The van der Waals surface area contributed by atoms with Crippen molar-refractivity contribution in [1.29, 1.82) is 0 Å². The summed E-state index contributed by atoms with van der Waals surface area (Å²) in [5.74, 6) is -3.34. The van der Waals surface area contributed by atoms with Gasteiger partial charge in [0.05, 0.1) is 17.1 Å². The van der Waals surface area contributed by atoms with E-state index in [4.69, 9.17) is 0 Å². The van der Waals surface area contributed by atoms with Gasteiger partial charge in [0.15, 0.2) is 0 Å². The Kier molecular flexibility index (Phi) is 3.58. The molecular weight excluding hydrogens is 354 g/mol. The van der Waals surface area contributed by atoms with E-state index in [0.717, 1.165) is 39.0 Å². The van der Waals surface area contributed by atoms with Crippen LogP contribution in [0.5, 0.6) is 0 Å². The highest BCUT2D eigenvalue weighted by Crippen LogP contribution is 2.34. The van der Waals surface area contributed by atoms with Gasteiger partial charge in [-0.3, -0.25) is 33.7 Å². The van der Waals surface area contributed by atoms with Gasteiger partial charge in [-0.25, -0.2) is 9.80 Å². The highest BCUT2D eigenvalue weighted by Gasteiger charge is 2.34. The van der Waals surface area contributed by atoms with Crippen LogP contribution in [0.2, 0.25) is 0 Å². The molecule has 1 aromatic carbocycles. The van der Waals surface area contributed by atoms with Gasteiger partial charge in [0.2, 0.25) is 11.8 Å². The van der Waals surface area contributed by atoms with Crippen molar-refractivity contribution in [2.24, 2.45) is 0 Å². The summed E-state index contributed by atoms with van der Waals surface area (Å²) in [4.78, 5) is 74.8. The molecule has 134 valence electrons. The number of hydrogen-bond acceptors (Lipinski definition) is 6. The largest absolute Gasteiger partial charge is 0.274 e. The summed E-state index contributed by atoms with van der Waals surface area (Å²) < 4.78 is 0. The standard InChI is InChI=1S/C18H11N3O6/c22-13-1-2-14(23)19(13)10-7-11(20-15(24)3-4-16(20)25)9-12(8-10)21-17(26)5-6-18(21)27/h1-4,7-9H,5-6H2. The van der Waals surface area contributed by atoms with Gasteiger partial charge >= 0.3 is 0 Å². The highest BCUT2D eigenvalue weighted by molar-refractivity contribution is 6.31. The fourth-order valence-corrected chi connectivity index (χ4v) is 3.14. The van der Waals surface area contributed by atoms with E-state index >= 15 is 0 Å². The average molecular weight is 365 g/mol. The van der Waals surface area contributed by atoms with Crippen LogP contribution in [0.15, 0.2) is 42.5 Å². The van der Waals surface area contributed by atoms with Gasteiger partial charge in [0.25, 0.3) is 23.6 Å². The first-order chi connectivity index (χ1) is 12.9. The van der Waals surface area contributed by atoms with Crippen molar-refractivity contribution in [3.63, 3.8) is 0 Å². The zero-order valence-corrected chi connectivity index (χ0v) is 13.7. The lowest BCUT2D eigenvalue weighted by Crippen LogP contribution is -2.33. The number of benzene rings is 1. The van der Waals surface area contributed by atoms with Crippen molar-refractivity contribution < 1.29 is 28.8 Å². The van der Waals surface area contributed by atoms with E-state index < -0.39 is 35.4 Å².